The number of fused-ring (bicyclic) bond motifs is 1. The van der Waals surface area contributed by atoms with Crippen LogP contribution in [0, 0.1) is 11.6 Å². The molecule has 4 heteroatoms. The molecule has 0 radical (unpaired) electrons. The van der Waals surface area contributed by atoms with Gasteiger partial charge in [0.15, 0.2) is 0 Å². The number of benzene rings is 1. The van der Waals surface area contributed by atoms with E-state index in [0.717, 1.165) is 27.7 Å². The van der Waals surface area contributed by atoms with Crippen LogP contribution in [0.3, 0.4) is 0 Å². The summed E-state index contributed by atoms with van der Waals surface area (Å²) < 4.78 is 0.622. The molecule has 88 valence electrons. The van der Waals surface area contributed by atoms with E-state index in [-0.39, 0.29) is 0 Å². The molecule has 0 spiro atoms. The number of H-pyrrole nitrogens is 1. The van der Waals surface area contributed by atoms with Crippen molar-refractivity contribution in [3.05, 3.63) is 53.1 Å². The minimum absolute atomic E-state index is 0.622. The first-order valence-electron chi connectivity index (χ1n) is 5.65. The summed E-state index contributed by atoms with van der Waals surface area (Å²) in [5.41, 5.74) is 3.98. The van der Waals surface area contributed by atoms with Gasteiger partial charge in [0.25, 0.3) is 0 Å². The van der Waals surface area contributed by atoms with Gasteiger partial charge in [-0.05, 0) is 19.1 Å². The third kappa shape index (κ3) is 1.80. The van der Waals surface area contributed by atoms with Crippen LogP contribution in [-0.4, -0.2) is 15.0 Å². The quantitative estimate of drug-likeness (QED) is 0.673. The van der Waals surface area contributed by atoms with Gasteiger partial charge in [-0.15, -0.1) is 0 Å². The van der Waals surface area contributed by atoms with E-state index in [4.69, 9.17) is 12.2 Å². The molecule has 0 bridgehead atoms. The van der Waals surface area contributed by atoms with Gasteiger partial charge in [0.1, 0.15) is 4.64 Å². The third-order valence-corrected chi connectivity index (χ3v) is 3.38. The molecule has 0 amide bonds. The summed E-state index contributed by atoms with van der Waals surface area (Å²) in [6.07, 6.45) is 3.48. The summed E-state index contributed by atoms with van der Waals surface area (Å²) in [7, 11) is 0. The molecule has 3 aromatic rings. The van der Waals surface area contributed by atoms with E-state index < -0.39 is 0 Å². The van der Waals surface area contributed by atoms with Gasteiger partial charge < -0.3 is 4.98 Å². The van der Waals surface area contributed by atoms with Gasteiger partial charge in [-0.2, -0.15) is 0 Å². The molecular formula is C14H11N3S. The van der Waals surface area contributed by atoms with Crippen molar-refractivity contribution in [1.29, 1.82) is 0 Å². The summed E-state index contributed by atoms with van der Waals surface area (Å²) in [6.45, 7) is 1.97. The number of aromatic nitrogens is 3. The number of nitrogens with one attached hydrogen (secondary N) is 1. The Bertz CT molecular complexity index is 777. The molecule has 2 heterocycles. The van der Waals surface area contributed by atoms with Gasteiger partial charge in [0.2, 0.25) is 0 Å². The second-order valence-corrected chi connectivity index (χ2v) is 4.51. The van der Waals surface area contributed by atoms with E-state index in [1.807, 2.05) is 31.3 Å². The Kier molecular flexibility index (Phi) is 2.64. The first-order valence-corrected chi connectivity index (χ1v) is 6.06. The highest BCUT2D eigenvalue weighted by atomic mass is 32.1. The first-order chi connectivity index (χ1) is 8.75. The number of hydrogen-bond donors (Lipinski definition) is 1. The molecule has 1 aromatic carbocycles. The van der Waals surface area contributed by atoms with Gasteiger partial charge in [-0.25, -0.2) is 4.98 Å². The van der Waals surface area contributed by atoms with Crippen LogP contribution < -0.4 is 0 Å². The van der Waals surface area contributed by atoms with Crippen LogP contribution in [0.4, 0.5) is 0 Å². The fourth-order valence-corrected chi connectivity index (χ4v) is 2.13. The Morgan fingerprint density at radius 2 is 2.00 bits per heavy atom. The van der Waals surface area contributed by atoms with Crippen LogP contribution >= 0.6 is 12.2 Å². The Morgan fingerprint density at radius 1 is 1.17 bits per heavy atom. The normalized spacial score (nSPS) is 10.7. The molecule has 0 aliphatic rings. The molecule has 0 unspecified atom stereocenters. The Balaban J connectivity index is 2.26. The molecule has 18 heavy (non-hydrogen) atoms. The number of rotatable bonds is 1. The minimum atomic E-state index is 0.622. The third-order valence-electron chi connectivity index (χ3n) is 2.97. The van der Waals surface area contributed by atoms with Crippen molar-refractivity contribution >= 4 is 23.1 Å². The predicted octanol–water partition coefficient (Wildman–Crippen LogP) is 3.66. The second kappa shape index (κ2) is 4.31. The molecule has 1 N–H and O–H groups in total. The van der Waals surface area contributed by atoms with Crippen LogP contribution in [0.25, 0.3) is 22.2 Å². The van der Waals surface area contributed by atoms with Gasteiger partial charge in [0.05, 0.1) is 17.5 Å². The largest absolute Gasteiger partial charge is 0.345 e. The topological polar surface area (TPSA) is 41.6 Å². The highest BCUT2D eigenvalue weighted by Crippen LogP contribution is 2.23. The Hall–Kier alpha value is -2.07. The lowest BCUT2D eigenvalue weighted by Crippen LogP contribution is -1.92. The van der Waals surface area contributed by atoms with Crippen LogP contribution in [-0.2, 0) is 0 Å². The maximum atomic E-state index is 5.19. The van der Waals surface area contributed by atoms with Crippen molar-refractivity contribution in [3.8, 4) is 11.3 Å². The summed E-state index contributed by atoms with van der Waals surface area (Å²) in [5.74, 6) is 0. The van der Waals surface area contributed by atoms with Crippen molar-refractivity contribution in [1.82, 2.24) is 15.0 Å². The monoisotopic (exact) mass is 253 g/mol. The van der Waals surface area contributed by atoms with Crippen molar-refractivity contribution < 1.29 is 0 Å². The van der Waals surface area contributed by atoms with E-state index in [1.165, 1.54) is 0 Å². The summed E-state index contributed by atoms with van der Waals surface area (Å²) in [4.78, 5) is 11.7. The number of pyridine rings is 1. The van der Waals surface area contributed by atoms with Crippen molar-refractivity contribution in [2.75, 3.05) is 0 Å². The fourth-order valence-electron chi connectivity index (χ4n) is 1.98. The van der Waals surface area contributed by atoms with Crippen LogP contribution in [0.1, 0.15) is 5.56 Å². The molecule has 0 atom stereocenters. The Morgan fingerprint density at radius 3 is 2.89 bits per heavy atom. The average Bonchev–Trinajstić information content (AvgIpc) is 2.41. The molecule has 0 saturated heterocycles. The molecule has 0 saturated carbocycles. The number of hydrogen-bond acceptors (Lipinski definition) is 3. The maximum Gasteiger partial charge on any atom is 0.132 e. The van der Waals surface area contributed by atoms with Gasteiger partial charge in [-0.3, -0.25) is 4.98 Å². The maximum absolute atomic E-state index is 5.19. The molecule has 2 aromatic heterocycles. The predicted molar refractivity (Wildman–Crippen MR) is 74.9 cm³/mol. The standard InChI is InChI=1S/C14H11N3S/c1-9-13(16-8-17-14(9)18)11-6-10-4-2-3-5-12(10)15-7-11/h2-8H,1H3,(H,16,17,18). The second-order valence-electron chi connectivity index (χ2n) is 4.12. The Labute approximate surface area is 110 Å². The molecule has 3 rings (SSSR count). The van der Waals surface area contributed by atoms with E-state index in [9.17, 15) is 0 Å². The lowest BCUT2D eigenvalue weighted by Gasteiger charge is -2.06. The van der Waals surface area contributed by atoms with Crippen LogP contribution in [0.15, 0.2) is 42.9 Å². The zero-order chi connectivity index (χ0) is 12.5. The zero-order valence-electron chi connectivity index (χ0n) is 9.84. The summed E-state index contributed by atoms with van der Waals surface area (Å²) in [5, 5.41) is 1.12. The smallest absolute Gasteiger partial charge is 0.132 e. The van der Waals surface area contributed by atoms with E-state index >= 15 is 0 Å². The fraction of sp³-hybridized carbons (Fsp3) is 0.0714. The number of aromatic amines is 1. The average molecular weight is 253 g/mol. The first kappa shape index (κ1) is 11.0. The lowest BCUT2D eigenvalue weighted by atomic mass is 10.1. The highest BCUT2D eigenvalue weighted by molar-refractivity contribution is 7.71. The summed E-state index contributed by atoms with van der Waals surface area (Å²) >= 11 is 5.19. The van der Waals surface area contributed by atoms with E-state index in [2.05, 4.69) is 27.1 Å². The zero-order valence-corrected chi connectivity index (χ0v) is 10.7. The van der Waals surface area contributed by atoms with Crippen molar-refractivity contribution in [2.24, 2.45) is 0 Å². The highest BCUT2D eigenvalue weighted by Gasteiger charge is 2.05. The van der Waals surface area contributed by atoms with Gasteiger partial charge in [-0.1, -0.05) is 30.4 Å². The number of nitrogens with zero attached hydrogens (tertiary/aromatic N) is 2. The van der Waals surface area contributed by atoms with Crippen LogP contribution in [0.5, 0.6) is 0 Å². The van der Waals surface area contributed by atoms with Gasteiger partial charge >= 0.3 is 0 Å². The van der Waals surface area contributed by atoms with Gasteiger partial charge in [0, 0.05) is 22.7 Å². The van der Waals surface area contributed by atoms with E-state index in [1.54, 1.807) is 6.33 Å². The number of para-hydroxylation sites is 1. The molecular weight excluding hydrogens is 242 g/mol. The molecule has 0 aliphatic carbocycles. The van der Waals surface area contributed by atoms with Crippen molar-refractivity contribution in [3.63, 3.8) is 0 Å². The molecule has 0 aliphatic heterocycles. The van der Waals surface area contributed by atoms with Crippen molar-refractivity contribution in [2.45, 2.75) is 6.92 Å². The summed E-state index contributed by atoms with van der Waals surface area (Å²) in [6, 6.07) is 10.2. The van der Waals surface area contributed by atoms with Crippen LogP contribution in [0.2, 0.25) is 0 Å². The molecule has 0 fully saturated rings. The van der Waals surface area contributed by atoms with E-state index in [0.29, 0.717) is 4.64 Å². The lowest BCUT2D eigenvalue weighted by molar-refractivity contribution is 1.11. The molecule has 3 nitrogen and oxygen atoms in total. The minimum Gasteiger partial charge on any atom is -0.345 e. The SMILES string of the molecule is Cc1c(-c2cnc3ccccc3c2)[nH]cnc1=S.